The van der Waals surface area contributed by atoms with Gasteiger partial charge < -0.3 is 24.7 Å². The van der Waals surface area contributed by atoms with E-state index in [-0.39, 0.29) is 18.7 Å². The summed E-state index contributed by atoms with van der Waals surface area (Å²) in [6.07, 6.45) is 0.698. The van der Waals surface area contributed by atoms with Crippen molar-refractivity contribution in [3.8, 4) is 5.75 Å². The number of H-pyrrole nitrogens is 1. The van der Waals surface area contributed by atoms with Crippen molar-refractivity contribution in [2.24, 2.45) is 0 Å². The summed E-state index contributed by atoms with van der Waals surface area (Å²) < 4.78 is 11.2. The van der Waals surface area contributed by atoms with Crippen LogP contribution in [-0.2, 0) is 11.2 Å². The molecule has 3 N–H and O–H groups in total. The Labute approximate surface area is 197 Å². The van der Waals surface area contributed by atoms with Gasteiger partial charge in [0.2, 0.25) is 0 Å². The van der Waals surface area contributed by atoms with Gasteiger partial charge in [-0.15, -0.1) is 0 Å². The number of nitrogens with one attached hydrogen (secondary N) is 1. The van der Waals surface area contributed by atoms with Crippen molar-refractivity contribution in [2.45, 2.75) is 38.3 Å². The van der Waals surface area contributed by atoms with E-state index in [0.717, 1.165) is 34.1 Å². The number of aromatic nitrogens is 1. The van der Waals surface area contributed by atoms with E-state index in [4.69, 9.17) is 26.2 Å². The van der Waals surface area contributed by atoms with Crippen molar-refractivity contribution in [1.82, 2.24) is 9.88 Å². The maximum atomic E-state index is 12.9. The first-order valence-electron chi connectivity index (χ1n) is 11.3. The molecule has 3 aromatic rings. The van der Waals surface area contributed by atoms with Crippen molar-refractivity contribution >= 4 is 28.6 Å². The van der Waals surface area contributed by atoms with Crippen LogP contribution in [0.4, 0.5) is 4.79 Å². The van der Waals surface area contributed by atoms with Crippen LogP contribution in [0, 0.1) is 0 Å². The molecule has 2 atom stereocenters. The van der Waals surface area contributed by atoms with Crippen molar-refractivity contribution in [2.75, 3.05) is 26.4 Å². The van der Waals surface area contributed by atoms with E-state index in [9.17, 15) is 9.90 Å². The second-order valence-corrected chi connectivity index (χ2v) is 8.65. The van der Waals surface area contributed by atoms with Gasteiger partial charge in [-0.1, -0.05) is 30.7 Å². The third-order valence-electron chi connectivity index (χ3n) is 5.88. The first-order valence-corrected chi connectivity index (χ1v) is 11.6. The maximum Gasteiger partial charge on any atom is 0.410 e. The molecule has 2 aromatic carbocycles. The number of rotatable bonds is 8. The second kappa shape index (κ2) is 10.5. The van der Waals surface area contributed by atoms with Gasteiger partial charge in [0.05, 0.1) is 25.9 Å². The Bertz CT molecular complexity index is 1100. The quantitative estimate of drug-likeness (QED) is 0.450. The Hall–Kier alpha value is -2.74. The van der Waals surface area contributed by atoms with Crippen LogP contribution in [0.2, 0.25) is 5.02 Å². The van der Waals surface area contributed by atoms with Crippen LogP contribution < -0.4 is 4.74 Å². The van der Waals surface area contributed by atoms with E-state index in [2.05, 4.69) is 4.98 Å². The van der Waals surface area contributed by atoms with Crippen LogP contribution in [0.1, 0.15) is 42.6 Å². The Morgan fingerprint density at radius 2 is 2.03 bits per heavy atom. The number of aliphatic hydroxyl groups excluding tert-OH is 2. The zero-order valence-electron chi connectivity index (χ0n) is 18.6. The van der Waals surface area contributed by atoms with E-state index in [1.807, 2.05) is 49.4 Å². The summed E-state index contributed by atoms with van der Waals surface area (Å²) in [7, 11) is 0. The van der Waals surface area contributed by atoms with Crippen molar-refractivity contribution in [3.63, 3.8) is 0 Å². The summed E-state index contributed by atoms with van der Waals surface area (Å²) in [5.41, 5.74) is 4.05. The molecule has 0 saturated heterocycles. The highest BCUT2D eigenvalue weighted by molar-refractivity contribution is 6.31. The normalized spacial score (nSPS) is 16.5. The lowest BCUT2D eigenvalue weighted by Gasteiger charge is -2.35. The number of aromatic amines is 1. The number of hydrogen-bond acceptors (Lipinski definition) is 5. The van der Waals surface area contributed by atoms with Gasteiger partial charge in [0.25, 0.3) is 0 Å². The van der Waals surface area contributed by atoms with Crippen LogP contribution in [0.25, 0.3) is 10.9 Å². The predicted molar refractivity (Wildman–Crippen MR) is 127 cm³/mol. The molecule has 1 amide bonds. The third-order valence-corrected chi connectivity index (χ3v) is 6.11. The van der Waals surface area contributed by atoms with Gasteiger partial charge in [0, 0.05) is 34.6 Å². The van der Waals surface area contributed by atoms with Gasteiger partial charge in [-0.25, -0.2) is 4.79 Å². The lowest BCUT2D eigenvalue weighted by molar-refractivity contribution is 0.0754. The molecule has 0 spiro atoms. The number of nitrogens with zero attached hydrogens (tertiary/aromatic N) is 1. The lowest BCUT2D eigenvalue weighted by atomic mass is 9.92. The van der Waals surface area contributed by atoms with Crippen LogP contribution in [0.5, 0.6) is 5.75 Å². The Balaban J connectivity index is 1.65. The summed E-state index contributed by atoms with van der Waals surface area (Å²) in [6, 6.07) is 13.0. The highest BCUT2D eigenvalue weighted by Gasteiger charge is 2.35. The van der Waals surface area contributed by atoms with Crippen LogP contribution in [-0.4, -0.2) is 58.7 Å². The fourth-order valence-electron chi connectivity index (χ4n) is 4.23. The fourth-order valence-corrected chi connectivity index (χ4v) is 4.40. The monoisotopic (exact) mass is 472 g/mol. The molecule has 4 rings (SSSR count). The van der Waals surface area contributed by atoms with E-state index in [1.54, 1.807) is 4.90 Å². The summed E-state index contributed by atoms with van der Waals surface area (Å²) in [5.74, 6) is 0.656. The topological polar surface area (TPSA) is 95.0 Å². The van der Waals surface area contributed by atoms with Gasteiger partial charge in [-0.05, 0) is 54.3 Å². The minimum Gasteiger partial charge on any atom is -0.493 e. The Kier molecular flexibility index (Phi) is 7.42. The standard InChI is InChI=1S/C25H29ClN2O5/c1-2-12-33-25(31)28-11-9-20-21-14-17(26)5-8-22(21)27-23(20)24(28)16-3-6-19(7-4-16)32-13-10-18(30)15-29/h3-8,14,18,24,27,29-30H,2,9-13,15H2,1H3/t18-,24?/m0/s1. The van der Waals surface area contributed by atoms with E-state index in [1.165, 1.54) is 0 Å². The average Bonchev–Trinajstić information content (AvgIpc) is 3.20. The predicted octanol–water partition coefficient (Wildman–Crippen LogP) is 4.44. The Morgan fingerprint density at radius 1 is 1.24 bits per heavy atom. The molecule has 1 aromatic heterocycles. The molecule has 0 radical (unpaired) electrons. The molecular weight excluding hydrogens is 444 g/mol. The molecule has 176 valence electrons. The average molecular weight is 473 g/mol. The number of carbonyl (C=O) groups is 1. The summed E-state index contributed by atoms with van der Waals surface area (Å²) in [5, 5.41) is 20.2. The number of benzene rings is 2. The van der Waals surface area contributed by atoms with Crippen LogP contribution in [0.3, 0.4) is 0 Å². The number of hydrogen-bond donors (Lipinski definition) is 3. The first-order chi connectivity index (χ1) is 16.0. The zero-order chi connectivity index (χ0) is 23.4. The molecule has 33 heavy (non-hydrogen) atoms. The molecule has 2 heterocycles. The maximum absolute atomic E-state index is 12.9. The van der Waals surface area contributed by atoms with E-state index >= 15 is 0 Å². The minimum atomic E-state index is -0.789. The largest absolute Gasteiger partial charge is 0.493 e. The summed E-state index contributed by atoms with van der Waals surface area (Å²) in [6.45, 7) is 2.90. The highest BCUT2D eigenvalue weighted by atomic mass is 35.5. The number of halogens is 1. The minimum absolute atomic E-state index is 0.286. The molecule has 1 unspecified atom stereocenters. The number of carbonyl (C=O) groups excluding carboxylic acids is 1. The van der Waals surface area contributed by atoms with Crippen molar-refractivity contribution in [1.29, 1.82) is 0 Å². The number of amides is 1. The number of fused-ring (bicyclic) bond motifs is 3. The van der Waals surface area contributed by atoms with Gasteiger partial charge in [-0.3, -0.25) is 4.90 Å². The van der Waals surface area contributed by atoms with Crippen molar-refractivity contribution in [3.05, 3.63) is 64.3 Å². The Morgan fingerprint density at radius 3 is 2.76 bits per heavy atom. The molecular formula is C25H29ClN2O5. The highest BCUT2D eigenvalue weighted by Crippen LogP contribution is 2.39. The SMILES string of the molecule is CCCOC(=O)N1CCc2c([nH]c3ccc(Cl)cc23)C1c1ccc(OCC[C@H](O)CO)cc1. The molecule has 0 bridgehead atoms. The van der Waals surface area contributed by atoms with E-state index < -0.39 is 6.10 Å². The smallest absolute Gasteiger partial charge is 0.410 e. The molecule has 1 aliphatic rings. The summed E-state index contributed by atoms with van der Waals surface area (Å²) >= 11 is 6.25. The van der Waals surface area contributed by atoms with Gasteiger partial charge >= 0.3 is 6.09 Å². The lowest BCUT2D eigenvalue weighted by Crippen LogP contribution is -2.41. The van der Waals surface area contributed by atoms with Gasteiger partial charge in [0.1, 0.15) is 11.8 Å². The van der Waals surface area contributed by atoms with Crippen molar-refractivity contribution < 1.29 is 24.5 Å². The van der Waals surface area contributed by atoms with E-state index in [0.29, 0.717) is 43.4 Å². The molecule has 0 saturated carbocycles. The second-order valence-electron chi connectivity index (χ2n) is 8.21. The third kappa shape index (κ3) is 5.11. The van der Waals surface area contributed by atoms with Crippen LogP contribution >= 0.6 is 11.6 Å². The first kappa shape index (κ1) is 23.4. The molecule has 0 aliphatic carbocycles. The number of ether oxygens (including phenoxy) is 2. The fraction of sp³-hybridized carbons (Fsp3) is 0.400. The molecule has 8 heteroatoms. The zero-order valence-corrected chi connectivity index (χ0v) is 19.3. The summed E-state index contributed by atoms with van der Waals surface area (Å²) in [4.78, 5) is 18.2. The molecule has 7 nitrogen and oxygen atoms in total. The van der Waals surface area contributed by atoms with Gasteiger partial charge in [-0.2, -0.15) is 0 Å². The van der Waals surface area contributed by atoms with Crippen LogP contribution in [0.15, 0.2) is 42.5 Å². The molecule has 1 aliphatic heterocycles. The molecule has 0 fully saturated rings. The van der Waals surface area contributed by atoms with Gasteiger partial charge in [0.15, 0.2) is 0 Å². The number of aliphatic hydroxyl groups is 2.